The molecule has 0 fully saturated rings. The average Bonchev–Trinajstić information content (AvgIpc) is 2.65. The Morgan fingerprint density at radius 1 is 1.27 bits per heavy atom. The van der Waals surface area contributed by atoms with E-state index in [9.17, 15) is 0 Å². The number of H-pyrrole nitrogens is 1. The largest absolute Gasteiger partial charge is 0.494 e. The Morgan fingerprint density at radius 3 is 2.80 bits per heavy atom. The third kappa shape index (κ3) is 2.04. The Balaban J connectivity index is 2.37. The zero-order valence-electron chi connectivity index (χ0n) is 9.08. The Kier molecular flexibility index (Phi) is 2.77. The lowest BCUT2D eigenvalue weighted by molar-refractivity contribution is 0.340. The fraction of sp³-hybridized carbons (Fsp3) is 0.231. The van der Waals surface area contributed by atoms with E-state index < -0.39 is 0 Å². The first kappa shape index (κ1) is 9.84. The van der Waals surface area contributed by atoms with Crippen molar-refractivity contribution < 1.29 is 4.74 Å². The van der Waals surface area contributed by atoms with Gasteiger partial charge in [-0.15, -0.1) is 0 Å². The van der Waals surface area contributed by atoms with E-state index in [1.54, 1.807) is 0 Å². The van der Waals surface area contributed by atoms with Gasteiger partial charge in [-0.25, -0.2) is 0 Å². The van der Waals surface area contributed by atoms with Crippen LogP contribution in [0.3, 0.4) is 0 Å². The van der Waals surface area contributed by atoms with Gasteiger partial charge in [-0.05, 0) is 37.1 Å². The Bertz CT molecular complexity index is 445. The zero-order valence-corrected chi connectivity index (χ0v) is 9.08. The second-order valence-corrected chi connectivity index (χ2v) is 3.51. The third-order valence-electron chi connectivity index (χ3n) is 2.41. The molecule has 15 heavy (non-hydrogen) atoms. The van der Waals surface area contributed by atoms with Crippen molar-refractivity contribution in [3.8, 4) is 16.9 Å². The SMILES string of the molecule is CCOc1cccc(-c2c[nH]cc2C)c1. The van der Waals surface area contributed by atoms with Gasteiger partial charge in [0.15, 0.2) is 0 Å². The maximum atomic E-state index is 5.47. The van der Waals surface area contributed by atoms with Crippen LogP contribution in [0.5, 0.6) is 5.75 Å². The van der Waals surface area contributed by atoms with Gasteiger partial charge in [0.1, 0.15) is 5.75 Å². The molecule has 1 aromatic heterocycles. The molecule has 0 aliphatic carbocycles. The normalized spacial score (nSPS) is 10.3. The number of aromatic amines is 1. The summed E-state index contributed by atoms with van der Waals surface area (Å²) in [6.45, 7) is 4.79. The first-order chi connectivity index (χ1) is 7.31. The van der Waals surface area contributed by atoms with Crippen molar-refractivity contribution in [2.24, 2.45) is 0 Å². The number of aromatic nitrogens is 1. The van der Waals surface area contributed by atoms with Crippen LogP contribution < -0.4 is 4.74 Å². The summed E-state index contributed by atoms with van der Waals surface area (Å²) in [6, 6.07) is 8.17. The van der Waals surface area contributed by atoms with E-state index >= 15 is 0 Å². The Morgan fingerprint density at radius 2 is 2.13 bits per heavy atom. The summed E-state index contributed by atoms with van der Waals surface area (Å²) >= 11 is 0. The first-order valence-electron chi connectivity index (χ1n) is 5.18. The van der Waals surface area contributed by atoms with Crippen LogP contribution in [0.15, 0.2) is 36.7 Å². The van der Waals surface area contributed by atoms with Gasteiger partial charge in [-0.3, -0.25) is 0 Å². The van der Waals surface area contributed by atoms with Gasteiger partial charge in [0.25, 0.3) is 0 Å². The number of rotatable bonds is 3. The highest BCUT2D eigenvalue weighted by Gasteiger charge is 2.03. The molecule has 78 valence electrons. The topological polar surface area (TPSA) is 25.0 Å². The predicted molar refractivity (Wildman–Crippen MR) is 62.1 cm³/mol. The minimum atomic E-state index is 0.704. The van der Waals surface area contributed by atoms with Crippen molar-refractivity contribution in [1.82, 2.24) is 4.98 Å². The average molecular weight is 201 g/mol. The van der Waals surface area contributed by atoms with Crippen LogP contribution in [0.4, 0.5) is 0 Å². The summed E-state index contributed by atoms with van der Waals surface area (Å²) in [5, 5.41) is 0. The van der Waals surface area contributed by atoms with Crippen molar-refractivity contribution in [3.05, 3.63) is 42.2 Å². The van der Waals surface area contributed by atoms with Crippen LogP contribution in [-0.2, 0) is 0 Å². The number of hydrogen-bond donors (Lipinski definition) is 1. The van der Waals surface area contributed by atoms with Crippen molar-refractivity contribution in [2.45, 2.75) is 13.8 Å². The van der Waals surface area contributed by atoms with Crippen LogP contribution in [0.2, 0.25) is 0 Å². The lowest BCUT2D eigenvalue weighted by atomic mass is 10.1. The lowest BCUT2D eigenvalue weighted by Gasteiger charge is -2.05. The molecule has 1 heterocycles. The summed E-state index contributed by atoms with van der Waals surface area (Å²) in [4.78, 5) is 3.11. The van der Waals surface area contributed by atoms with Crippen LogP contribution >= 0.6 is 0 Å². The molecular weight excluding hydrogens is 186 g/mol. The fourth-order valence-electron chi connectivity index (χ4n) is 1.67. The maximum Gasteiger partial charge on any atom is 0.119 e. The molecule has 0 aliphatic heterocycles. The van der Waals surface area contributed by atoms with Crippen LogP contribution in [0.25, 0.3) is 11.1 Å². The van der Waals surface area contributed by atoms with E-state index in [1.165, 1.54) is 16.7 Å². The molecule has 0 spiro atoms. The summed E-state index contributed by atoms with van der Waals surface area (Å²) in [5.41, 5.74) is 3.68. The van der Waals surface area contributed by atoms with Gasteiger partial charge in [0.05, 0.1) is 6.61 Å². The molecule has 0 amide bonds. The van der Waals surface area contributed by atoms with Crippen molar-refractivity contribution in [3.63, 3.8) is 0 Å². The van der Waals surface area contributed by atoms with Crippen molar-refractivity contribution in [1.29, 1.82) is 0 Å². The molecule has 0 bridgehead atoms. The van der Waals surface area contributed by atoms with E-state index in [1.807, 2.05) is 31.5 Å². The molecule has 2 rings (SSSR count). The standard InChI is InChI=1S/C13H15NO/c1-3-15-12-6-4-5-11(7-12)13-9-14-8-10(13)2/h4-9,14H,3H2,1-2H3. The molecule has 2 heteroatoms. The second-order valence-electron chi connectivity index (χ2n) is 3.51. The van der Waals surface area contributed by atoms with E-state index in [0.29, 0.717) is 6.61 Å². The molecule has 0 atom stereocenters. The lowest BCUT2D eigenvalue weighted by Crippen LogP contribution is -1.91. The van der Waals surface area contributed by atoms with Crippen molar-refractivity contribution >= 4 is 0 Å². The molecular formula is C13H15NO. The van der Waals surface area contributed by atoms with Gasteiger partial charge in [0, 0.05) is 18.0 Å². The second kappa shape index (κ2) is 4.22. The highest BCUT2D eigenvalue weighted by Crippen LogP contribution is 2.26. The summed E-state index contributed by atoms with van der Waals surface area (Å²) in [7, 11) is 0. The first-order valence-corrected chi connectivity index (χ1v) is 5.18. The third-order valence-corrected chi connectivity index (χ3v) is 2.41. The Labute approximate surface area is 89.9 Å². The summed E-state index contributed by atoms with van der Waals surface area (Å²) in [5.74, 6) is 0.926. The molecule has 1 aromatic carbocycles. The molecule has 0 saturated carbocycles. The van der Waals surface area contributed by atoms with E-state index in [4.69, 9.17) is 4.74 Å². The molecule has 0 unspecified atom stereocenters. The molecule has 0 saturated heterocycles. The zero-order chi connectivity index (χ0) is 10.7. The molecule has 1 N–H and O–H groups in total. The van der Waals surface area contributed by atoms with Crippen LogP contribution in [-0.4, -0.2) is 11.6 Å². The monoisotopic (exact) mass is 201 g/mol. The van der Waals surface area contributed by atoms with Gasteiger partial charge in [0.2, 0.25) is 0 Å². The molecule has 2 aromatic rings. The highest BCUT2D eigenvalue weighted by atomic mass is 16.5. The predicted octanol–water partition coefficient (Wildman–Crippen LogP) is 3.39. The number of ether oxygens (including phenoxy) is 1. The van der Waals surface area contributed by atoms with Gasteiger partial charge >= 0.3 is 0 Å². The minimum Gasteiger partial charge on any atom is -0.494 e. The van der Waals surface area contributed by atoms with Crippen molar-refractivity contribution in [2.75, 3.05) is 6.61 Å². The number of nitrogens with one attached hydrogen (secondary N) is 1. The quantitative estimate of drug-likeness (QED) is 0.809. The van der Waals surface area contributed by atoms with Gasteiger partial charge in [-0.2, -0.15) is 0 Å². The molecule has 0 aliphatic rings. The summed E-state index contributed by atoms with van der Waals surface area (Å²) in [6.07, 6.45) is 4.02. The van der Waals surface area contributed by atoms with Crippen LogP contribution in [0, 0.1) is 6.92 Å². The van der Waals surface area contributed by atoms with E-state index in [-0.39, 0.29) is 0 Å². The molecule has 0 radical (unpaired) electrons. The number of benzene rings is 1. The van der Waals surface area contributed by atoms with E-state index in [0.717, 1.165) is 5.75 Å². The molecule has 2 nitrogen and oxygen atoms in total. The van der Waals surface area contributed by atoms with Gasteiger partial charge < -0.3 is 9.72 Å². The fourth-order valence-corrected chi connectivity index (χ4v) is 1.67. The highest BCUT2D eigenvalue weighted by molar-refractivity contribution is 5.67. The van der Waals surface area contributed by atoms with Crippen LogP contribution in [0.1, 0.15) is 12.5 Å². The van der Waals surface area contributed by atoms with E-state index in [2.05, 4.69) is 24.0 Å². The summed E-state index contributed by atoms with van der Waals surface area (Å²) < 4.78 is 5.47. The Hall–Kier alpha value is -1.70. The number of hydrogen-bond acceptors (Lipinski definition) is 1. The smallest absolute Gasteiger partial charge is 0.119 e. The maximum absolute atomic E-state index is 5.47. The minimum absolute atomic E-state index is 0.704. The number of aryl methyl sites for hydroxylation is 1. The van der Waals surface area contributed by atoms with Gasteiger partial charge in [-0.1, -0.05) is 12.1 Å².